The summed E-state index contributed by atoms with van der Waals surface area (Å²) in [6, 6.07) is 2.04. The third-order valence-corrected chi connectivity index (χ3v) is 2.90. The standard InChI is InChI=1S/C9H12N4S/c1-2-8-12-13-9(14-8)11-6-7-3-4-10-5-7/h3-5,10H,2,6H2,1H3,(H,11,13). The molecule has 2 heterocycles. The minimum absolute atomic E-state index is 0.793. The van der Waals surface area contributed by atoms with Crippen LogP contribution in [0.5, 0.6) is 0 Å². The lowest BCUT2D eigenvalue weighted by atomic mass is 10.3. The fourth-order valence-electron chi connectivity index (χ4n) is 1.11. The van der Waals surface area contributed by atoms with Gasteiger partial charge in [-0.05, 0) is 18.1 Å². The lowest BCUT2D eigenvalue weighted by Crippen LogP contribution is -1.97. The molecule has 0 amide bonds. The molecule has 0 radical (unpaired) electrons. The van der Waals surface area contributed by atoms with Gasteiger partial charge in [-0.1, -0.05) is 18.3 Å². The average Bonchev–Trinajstić information content (AvgIpc) is 2.86. The molecule has 4 nitrogen and oxygen atoms in total. The topological polar surface area (TPSA) is 53.6 Å². The van der Waals surface area contributed by atoms with Crippen LogP contribution in [-0.4, -0.2) is 15.2 Å². The van der Waals surface area contributed by atoms with Crippen molar-refractivity contribution in [3.8, 4) is 0 Å². The molecule has 2 aromatic rings. The van der Waals surface area contributed by atoms with E-state index in [0.717, 1.165) is 23.1 Å². The molecule has 74 valence electrons. The van der Waals surface area contributed by atoms with Crippen LogP contribution in [0.3, 0.4) is 0 Å². The van der Waals surface area contributed by atoms with E-state index in [2.05, 4.69) is 27.4 Å². The largest absolute Gasteiger partial charge is 0.367 e. The summed E-state index contributed by atoms with van der Waals surface area (Å²) in [7, 11) is 0. The van der Waals surface area contributed by atoms with Crippen LogP contribution in [0.1, 0.15) is 17.5 Å². The molecule has 0 aliphatic rings. The van der Waals surface area contributed by atoms with Gasteiger partial charge in [0.05, 0.1) is 0 Å². The number of nitrogens with zero attached hydrogens (tertiary/aromatic N) is 2. The normalized spacial score (nSPS) is 10.4. The van der Waals surface area contributed by atoms with Crippen LogP contribution in [0.15, 0.2) is 18.5 Å². The second kappa shape index (κ2) is 4.23. The predicted molar refractivity (Wildman–Crippen MR) is 57.4 cm³/mol. The zero-order valence-corrected chi connectivity index (χ0v) is 8.77. The summed E-state index contributed by atoms with van der Waals surface area (Å²) in [5, 5.41) is 13.3. The Labute approximate surface area is 86.4 Å². The molecule has 0 saturated heterocycles. The van der Waals surface area contributed by atoms with Crippen molar-refractivity contribution in [2.45, 2.75) is 19.9 Å². The molecule has 0 aliphatic carbocycles. The molecule has 0 saturated carbocycles. The predicted octanol–water partition coefficient (Wildman–Crippen LogP) is 2.04. The van der Waals surface area contributed by atoms with Gasteiger partial charge in [-0.3, -0.25) is 0 Å². The fraction of sp³-hybridized carbons (Fsp3) is 0.333. The van der Waals surface area contributed by atoms with E-state index >= 15 is 0 Å². The number of hydrogen-bond acceptors (Lipinski definition) is 4. The average molecular weight is 208 g/mol. The molecule has 0 atom stereocenters. The van der Waals surface area contributed by atoms with Crippen LogP contribution in [-0.2, 0) is 13.0 Å². The van der Waals surface area contributed by atoms with Crippen LogP contribution in [0.25, 0.3) is 0 Å². The zero-order valence-electron chi connectivity index (χ0n) is 7.95. The molecule has 0 bridgehead atoms. The van der Waals surface area contributed by atoms with Gasteiger partial charge in [-0.15, -0.1) is 10.2 Å². The van der Waals surface area contributed by atoms with Gasteiger partial charge >= 0.3 is 0 Å². The van der Waals surface area contributed by atoms with Gasteiger partial charge in [-0.2, -0.15) is 0 Å². The third kappa shape index (κ3) is 2.11. The Morgan fingerprint density at radius 3 is 3.07 bits per heavy atom. The Bertz CT molecular complexity index is 379. The van der Waals surface area contributed by atoms with Crippen LogP contribution in [0, 0.1) is 0 Å². The quantitative estimate of drug-likeness (QED) is 0.808. The molecule has 0 aliphatic heterocycles. The Kier molecular flexibility index (Phi) is 2.78. The summed E-state index contributed by atoms with van der Waals surface area (Å²) in [6.07, 6.45) is 4.83. The minimum atomic E-state index is 0.793. The van der Waals surface area contributed by atoms with Crippen molar-refractivity contribution >= 4 is 16.5 Å². The molecule has 0 aromatic carbocycles. The summed E-state index contributed by atoms with van der Waals surface area (Å²) in [5.74, 6) is 0. The number of aromatic nitrogens is 3. The highest BCUT2D eigenvalue weighted by Gasteiger charge is 2.01. The second-order valence-corrected chi connectivity index (χ2v) is 3.99. The molecule has 2 aromatic heterocycles. The van der Waals surface area contributed by atoms with Crippen LogP contribution in [0.4, 0.5) is 5.13 Å². The maximum atomic E-state index is 4.03. The maximum absolute atomic E-state index is 4.03. The smallest absolute Gasteiger partial charge is 0.205 e. The van der Waals surface area contributed by atoms with E-state index in [9.17, 15) is 0 Å². The molecule has 0 unspecified atom stereocenters. The lowest BCUT2D eigenvalue weighted by molar-refractivity contribution is 0.975. The molecular weight excluding hydrogens is 196 g/mol. The van der Waals surface area contributed by atoms with E-state index in [0.29, 0.717) is 0 Å². The second-order valence-electron chi connectivity index (χ2n) is 2.93. The van der Waals surface area contributed by atoms with Gasteiger partial charge in [0.1, 0.15) is 5.01 Å². The van der Waals surface area contributed by atoms with Crippen molar-refractivity contribution in [2.75, 3.05) is 5.32 Å². The van der Waals surface area contributed by atoms with Gasteiger partial charge in [0.2, 0.25) is 5.13 Å². The van der Waals surface area contributed by atoms with E-state index in [-0.39, 0.29) is 0 Å². The van der Waals surface area contributed by atoms with E-state index in [4.69, 9.17) is 0 Å². The van der Waals surface area contributed by atoms with E-state index in [1.165, 1.54) is 5.56 Å². The highest BCUT2D eigenvalue weighted by Crippen LogP contribution is 2.16. The summed E-state index contributed by atoms with van der Waals surface area (Å²) in [6.45, 7) is 2.87. The number of nitrogens with one attached hydrogen (secondary N) is 2. The summed E-state index contributed by atoms with van der Waals surface area (Å²) in [5.41, 5.74) is 1.22. The molecule has 5 heteroatoms. The van der Waals surface area contributed by atoms with Gasteiger partial charge in [0.25, 0.3) is 0 Å². The van der Waals surface area contributed by atoms with Crippen LogP contribution < -0.4 is 5.32 Å². The summed E-state index contributed by atoms with van der Waals surface area (Å²) < 4.78 is 0. The number of aromatic amines is 1. The number of H-pyrrole nitrogens is 1. The van der Waals surface area contributed by atoms with E-state index in [1.54, 1.807) is 11.3 Å². The summed E-state index contributed by atoms with van der Waals surface area (Å²) >= 11 is 1.61. The lowest BCUT2D eigenvalue weighted by Gasteiger charge is -1.97. The van der Waals surface area contributed by atoms with Crippen molar-refractivity contribution in [1.29, 1.82) is 0 Å². The highest BCUT2D eigenvalue weighted by molar-refractivity contribution is 7.15. The van der Waals surface area contributed by atoms with Crippen molar-refractivity contribution < 1.29 is 0 Å². The van der Waals surface area contributed by atoms with Crippen molar-refractivity contribution in [3.63, 3.8) is 0 Å². The Morgan fingerprint density at radius 2 is 2.43 bits per heavy atom. The van der Waals surface area contributed by atoms with E-state index < -0.39 is 0 Å². The summed E-state index contributed by atoms with van der Waals surface area (Å²) in [4.78, 5) is 3.01. The van der Waals surface area contributed by atoms with Crippen molar-refractivity contribution in [2.24, 2.45) is 0 Å². The maximum Gasteiger partial charge on any atom is 0.205 e. The highest BCUT2D eigenvalue weighted by atomic mass is 32.1. The fourth-order valence-corrected chi connectivity index (χ4v) is 1.79. The monoisotopic (exact) mass is 208 g/mol. The number of rotatable bonds is 4. The van der Waals surface area contributed by atoms with Crippen molar-refractivity contribution in [1.82, 2.24) is 15.2 Å². The van der Waals surface area contributed by atoms with Crippen LogP contribution >= 0.6 is 11.3 Å². The molecule has 2 N–H and O–H groups in total. The first-order chi connectivity index (χ1) is 6.88. The molecule has 0 fully saturated rings. The van der Waals surface area contributed by atoms with E-state index in [1.807, 2.05) is 18.5 Å². The zero-order chi connectivity index (χ0) is 9.80. The first-order valence-corrected chi connectivity index (χ1v) is 5.38. The molecule has 0 spiro atoms. The minimum Gasteiger partial charge on any atom is -0.367 e. The Hall–Kier alpha value is -1.36. The van der Waals surface area contributed by atoms with Crippen molar-refractivity contribution in [3.05, 3.63) is 29.0 Å². The first-order valence-electron chi connectivity index (χ1n) is 4.56. The molecule has 14 heavy (non-hydrogen) atoms. The van der Waals surface area contributed by atoms with Gasteiger partial charge in [-0.25, -0.2) is 0 Å². The van der Waals surface area contributed by atoms with Crippen LogP contribution in [0.2, 0.25) is 0 Å². The SMILES string of the molecule is CCc1nnc(NCc2cc[nH]c2)s1. The first kappa shape index (κ1) is 9.21. The number of aryl methyl sites for hydroxylation is 1. The number of anilines is 1. The Morgan fingerprint density at radius 1 is 1.50 bits per heavy atom. The van der Waals surface area contributed by atoms with Gasteiger partial charge < -0.3 is 10.3 Å². The molecule has 2 rings (SSSR count). The third-order valence-electron chi connectivity index (χ3n) is 1.88. The number of hydrogen-bond donors (Lipinski definition) is 2. The Balaban J connectivity index is 1.92. The molecular formula is C9H12N4S. The van der Waals surface area contributed by atoms with Gasteiger partial charge in [0.15, 0.2) is 0 Å². The van der Waals surface area contributed by atoms with Gasteiger partial charge in [0, 0.05) is 18.9 Å².